The summed E-state index contributed by atoms with van der Waals surface area (Å²) in [6, 6.07) is 6.19. The standard InChI is InChI=1S/C15H19N3O3/c1-11(13-2-3-14-15(6-13)21-10-20-14)16-7-12-8-17-18(9-12)4-5-19/h2-3,6,8-9,11,16,19H,4-5,7,10H2,1H3. The Kier molecular flexibility index (Phi) is 4.08. The zero-order chi connectivity index (χ0) is 14.7. The normalized spacial score (nSPS) is 14.4. The molecule has 1 aliphatic rings. The van der Waals surface area contributed by atoms with E-state index < -0.39 is 0 Å². The number of nitrogens with one attached hydrogen (secondary N) is 1. The molecule has 0 bridgehead atoms. The van der Waals surface area contributed by atoms with Crippen molar-refractivity contribution in [3.8, 4) is 11.5 Å². The average molecular weight is 289 g/mol. The Labute approximate surface area is 123 Å². The first-order valence-electron chi connectivity index (χ1n) is 7.01. The van der Waals surface area contributed by atoms with Gasteiger partial charge in [0, 0.05) is 24.3 Å². The smallest absolute Gasteiger partial charge is 0.231 e. The van der Waals surface area contributed by atoms with Crippen molar-refractivity contribution < 1.29 is 14.6 Å². The van der Waals surface area contributed by atoms with Crippen LogP contribution in [0.3, 0.4) is 0 Å². The fourth-order valence-corrected chi connectivity index (χ4v) is 2.29. The molecule has 1 aromatic carbocycles. The van der Waals surface area contributed by atoms with Gasteiger partial charge in [0.15, 0.2) is 11.5 Å². The fourth-order valence-electron chi connectivity index (χ4n) is 2.29. The van der Waals surface area contributed by atoms with E-state index in [4.69, 9.17) is 14.6 Å². The summed E-state index contributed by atoms with van der Waals surface area (Å²) in [4.78, 5) is 0. The molecule has 0 aliphatic carbocycles. The topological polar surface area (TPSA) is 68.5 Å². The molecule has 0 saturated carbocycles. The highest BCUT2D eigenvalue weighted by atomic mass is 16.7. The highest BCUT2D eigenvalue weighted by Gasteiger charge is 2.15. The second kappa shape index (κ2) is 6.15. The summed E-state index contributed by atoms with van der Waals surface area (Å²) in [7, 11) is 0. The van der Waals surface area contributed by atoms with Gasteiger partial charge in [0.05, 0.1) is 19.3 Å². The maximum Gasteiger partial charge on any atom is 0.231 e. The first-order valence-corrected chi connectivity index (χ1v) is 7.01. The van der Waals surface area contributed by atoms with Gasteiger partial charge in [-0.1, -0.05) is 6.07 Å². The molecule has 112 valence electrons. The Morgan fingerprint density at radius 3 is 3.10 bits per heavy atom. The number of hydrogen-bond acceptors (Lipinski definition) is 5. The van der Waals surface area contributed by atoms with Crippen LogP contribution in [0, 0.1) is 0 Å². The molecule has 1 aromatic heterocycles. The summed E-state index contributed by atoms with van der Waals surface area (Å²) in [5, 5.41) is 16.5. The predicted octanol–water partition coefficient (Wildman–Crippen LogP) is 1.45. The fraction of sp³-hybridized carbons (Fsp3) is 0.400. The number of aliphatic hydroxyl groups excluding tert-OH is 1. The Morgan fingerprint density at radius 1 is 1.38 bits per heavy atom. The molecule has 2 heterocycles. The van der Waals surface area contributed by atoms with Crippen LogP contribution in [0.15, 0.2) is 30.6 Å². The minimum absolute atomic E-state index is 0.0994. The van der Waals surface area contributed by atoms with Crippen LogP contribution in [0.25, 0.3) is 0 Å². The van der Waals surface area contributed by atoms with Crippen molar-refractivity contribution in [1.82, 2.24) is 15.1 Å². The van der Waals surface area contributed by atoms with Gasteiger partial charge in [-0.3, -0.25) is 4.68 Å². The molecular formula is C15H19N3O3. The SMILES string of the molecule is CC(NCc1cnn(CCO)c1)c1ccc2c(c1)OCO2. The van der Waals surface area contributed by atoms with Crippen LogP contribution in [-0.4, -0.2) is 28.3 Å². The predicted molar refractivity (Wildman–Crippen MR) is 77.1 cm³/mol. The zero-order valence-corrected chi connectivity index (χ0v) is 12.0. The van der Waals surface area contributed by atoms with Crippen LogP contribution in [0.2, 0.25) is 0 Å². The largest absolute Gasteiger partial charge is 0.454 e. The van der Waals surface area contributed by atoms with Crippen LogP contribution in [-0.2, 0) is 13.1 Å². The van der Waals surface area contributed by atoms with Gasteiger partial charge >= 0.3 is 0 Å². The number of nitrogens with zero attached hydrogens (tertiary/aromatic N) is 2. The lowest BCUT2D eigenvalue weighted by Gasteiger charge is -2.14. The highest BCUT2D eigenvalue weighted by Crippen LogP contribution is 2.34. The first kappa shape index (κ1) is 13.9. The van der Waals surface area contributed by atoms with E-state index in [2.05, 4.69) is 17.3 Å². The number of aliphatic hydroxyl groups is 1. The molecular weight excluding hydrogens is 270 g/mol. The van der Waals surface area contributed by atoms with Gasteiger partial charge in [0.25, 0.3) is 0 Å². The summed E-state index contributed by atoms with van der Waals surface area (Å²) in [5.74, 6) is 1.60. The number of benzene rings is 1. The van der Waals surface area contributed by atoms with Crippen LogP contribution in [0.4, 0.5) is 0 Å². The van der Waals surface area contributed by atoms with Crippen LogP contribution in [0.5, 0.6) is 11.5 Å². The minimum Gasteiger partial charge on any atom is -0.454 e. The second-order valence-corrected chi connectivity index (χ2v) is 5.05. The second-order valence-electron chi connectivity index (χ2n) is 5.05. The number of hydrogen-bond donors (Lipinski definition) is 2. The van der Waals surface area contributed by atoms with Crippen molar-refractivity contribution in [3.05, 3.63) is 41.7 Å². The van der Waals surface area contributed by atoms with Crippen molar-refractivity contribution in [2.24, 2.45) is 0 Å². The van der Waals surface area contributed by atoms with Gasteiger partial charge < -0.3 is 19.9 Å². The summed E-state index contributed by atoms with van der Waals surface area (Å²) < 4.78 is 12.4. The van der Waals surface area contributed by atoms with Crippen molar-refractivity contribution >= 4 is 0 Å². The van der Waals surface area contributed by atoms with E-state index in [1.165, 1.54) is 0 Å². The molecule has 2 N–H and O–H groups in total. The molecule has 1 aliphatic heterocycles. The summed E-state index contributed by atoms with van der Waals surface area (Å²) in [6.45, 7) is 3.75. The zero-order valence-electron chi connectivity index (χ0n) is 12.0. The van der Waals surface area contributed by atoms with Gasteiger partial charge in [0.2, 0.25) is 6.79 Å². The van der Waals surface area contributed by atoms with Crippen molar-refractivity contribution in [3.63, 3.8) is 0 Å². The third-order valence-corrected chi connectivity index (χ3v) is 3.52. The molecule has 3 rings (SSSR count). The Balaban J connectivity index is 1.59. The number of ether oxygens (including phenoxy) is 2. The lowest BCUT2D eigenvalue weighted by Crippen LogP contribution is -2.17. The van der Waals surface area contributed by atoms with Crippen molar-refractivity contribution in [2.45, 2.75) is 26.1 Å². The van der Waals surface area contributed by atoms with Gasteiger partial charge in [0.1, 0.15) is 0 Å². The molecule has 0 fully saturated rings. The maximum absolute atomic E-state index is 8.87. The van der Waals surface area contributed by atoms with Crippen LogP contribution >= 0.6 is 0 Å². The van der Waals surface area contributed by atoms with Crippen LogP contribution in [0.1, 0.15) is 24.1 Å². The van der Waals surface area contributed by atoms with E-state index in [-0.39, 0.29) is 12.6 Å². The molecule has 2 aromatic rings. The molecule has 6 nitrogen and oxygen atoms in total. The lowest BCUT2D eigenvalue weighted by molar-refractivity contribution is 0.174. The molecule has 1 atom stereocenters. The van der Waals surface area contributed by atoms with Gasteiger partial charge in [-0.2, -0.15) is 5.10 Å². The summed E-state index contributed by atoms with van der Waals surface area (Å²) in [6.07, 6.45) is 3.75. The van der Waals surface area contributed by atoms with Gasteiger partial charge in [-0.25, -0.2) is 0 Å². The molecule has 6 heteroatoms. The number of aromatic nitrogens is 2. The quantitative estimate of drug-likeness (QED) is 0.842. The maximum atomic E-state index is 8.87. The molecule has 0 amide bonds. The molecule has 21 heavy (non-hydrogen) atoms. The van der Waals surface area contributed by atoms with Gasteiger partial charge in [-0.15, -0.1) is 0 Å². The molecule has 0 saturated heterocycles. The van der Waals surface area contributed by atoms with Crippen molar-refractivity contribution in [1.29, 1.82) is 0 Å². The third kappa shape index (κ3) is 3.17. The monoisotopic (exact) mass is 289 g/mol. The van der Waals surface area contributed by atoms with E-state index in [1.54, 1.807) is 4.68 Å². The van der Waals surface area contributed by atoms with Crippen molar-refractivity contribution in [2.75, 3.05) is 13.4 Å². The molecule has 0 radical (unpaired) electrons. The van der Waals surface area contributed by atoms with E-state index in [0.29, 0.717) is 13.3 Å². The minimum atomic E-state index is 0.0994. The van der Waals surface area contributed by atoms with Gasteiger partial charge in [-0.05, 0) is 24.6 Å². The first-order chi connectivity index (χ1) is 10.3. The Morgan fingerprint density at radius 2 is 2.24 bits per heavy atom. The van der Waals surface area contributed by atoms with E-state index in [1.807, 2.05) is 30.6 Å². The summed E-state index contributed by atoms with van der Waals surface area (Å²) in [5.41, 5.74) is 2.25. The van der Waals surface area contributed by atoms with E-state index in [0.717, 1.165) is 29.2 Å². The lowest BCUT2D eigenvalue weighted by atomic mass is 10.1. The average Bonchev–Trinajstić information content (AvgIpc) is 3.13. The number of fused-ring (bicyclic) bond motifs is 1. The number of rotatable bonds is 6. The highest BCUT2D eigenvalue weighted by molar-refractivity contribution is 5.45. The van der Waals surface area contributed by atoms with Crippen LogP contribution < -0.4 is 14.8 Å². The Hall–Kier alpha value is -2.05. The van der Waals surface area contributed by atoms with E-state index >= 15 is 0 Å². The Bertz CT molecular complexity index is 612. The van der Waals surface area contributed by atoms with E-state index in [9.17, 15) is 0 Å². The third-order valence-electron chi connectivity index (χ3n) is 3.52. The molecule has 1 unspecified atom stereocenters. The summed E-state index contributed by atoms with van der Waals surface area (Å²) >= 11 is 0. The molecule has 0 spiro atoms.